The van der Waals surface area contributed by atoms with E-state index in [-0.39, 0.29) is 5.91 Å². The van der Waals surface area contributed by atoms with E-state index in [1.807, 2.05) is 19.1 Å². The molecule has 0 saturated carbocycles. The van der Waals surface area contributed by atoms with Crippen LogP contribution >= 0.6 is 11.6 Å². The number of primary amides is 1. The zero-order valence-electron chi connectivity index (χ0n) is 11.1. The number of piperazine rings is 1. The molecule has 1 saturated heterocycles. The molecule has 5 nitrogen and oxygen atoms in total. The minimum absolute atomic E-state index is 0.238. The number of hydrogen-bond acceptors (Lipinski definition) is 4. The zero-order chi connectivity index (χ0) is 13.8. The fraction of sp³-hybridized carbons (Fsp3) is 0.538. The molecule has 2 N–H and O–H groups in total. The number of halogens is 1. The standard InChI is InChI=1S/C13H19ClN4O/c1-10-11(14)2-3-13(16-10)18-8-6-17(7-9-18)5-4-12(15)19/h2-3H,4-9H2,1H3,(H2,15,19). The number of rotatable bonds is 4. The largest absolute Gasteiger partial charge is 0.370 e. The number of pyridine rings is 1. The summed E-state index contributed by atoms with van der Waals surface area (Å²) in [4.78, 5) is 19.8. The van der Waals surface area contributed by atoms with Crippen LogP contribution in [0.1, 0.15) is 12.1 Å². The van der Waals surface area contributed by atoms with E-state index in [1.165, 1.54) is 0 Å². The predicted octanol–water partition coefficient (Wildman–Crippen LogP) is 1.04. The number of amides is 1. The zero-order valence-corrected chi connectivity index (χ0v) is 11.9. The Morgan fingerprint density at radius 3 is 2.63 bits per heavy atom. The SMILES string of the molecule is Cc1nc(N2CCN(CCC(N)=O)CC2)ccc1Cl. The predicted molar refractivity (Wildman–Crippen MR) is 76.4 cm³/mol. The van der Waals surface area contributed by atoms with Gasteiger partial charge in [0, 0.05) is 39.1 Å². The van der Waals surface area contributed by atoms with E-state index in [0.717, 1.165) is 44.2 Å². The van der Waals surface area contributed by atoms with Gasteiger partial charge in [-0.25, -0.2) is 4.98 Å². The first-order chi connectivity index (χ1) is 9.06. The number of aryl methyl sites for hydroxylation is 1. The van der Waals surface area contributed by atoms with Gasteiger partial charge in [0.2, 0.25) is 5.91 Å². The third-order valence-corrected chi connectivity index (χ3v) is 3.78. The van der Waals surface area contributed by atoms with Gasteiger partial charge >= 0.3 is 0 Å². The van der Waals surface area contributed by atoms with E-state index in [9.17, 15) is 4.79 Å². The summed E-state index contributed by atoms with van der Waals surface area (Å²) >= 11 is 5.98. The summed E-state index contributed by atoms with van der Waals surface area (Å²) in [7, 11) is 0. The Kier molecular flexibility index (Phi) is 4.61. The highest BCUT2D eigenvalue weighted by molar-refractivity contribution is 6.31. The minimum atomic E-state index is -0.238. The van der Waals surface area contributed by atoms with Crippen molar-refractivity contribution in [2.24, 2.45) is 5.73 Å². The Morgan fingerprint density at radius 1 is 1.37 bits per heavy atom. The monoisotopic (exact) mass is 282 g/mol. The van der Waals surface area contributed by atoms with E-state index in [2.05, 4.69) is 14.8 Å². The van der Waals surface area contributed by atoms with E-state index < -0.39 is 0 Å². The van der Waals surface area contributed by atoms with Crippen LogP contribution < -0.4 is 10.6 Å². The molecule has 2 heterocycles. The van der Waals surface area contributed by atoms with Gasteiger partial charge in [0.1, 0.15) is 5.82 Å². The van der Waals surface area contributed by atoms with E-state index >= 15 is 0 Å². The third kappa shape index (κ3) is 3.81. The summed E-state index contributed by atoms with van der Waals surface area (Å²) in [6, 6.07) is 3.84. The fourth-order valence-electron chi connectivity index (χ4n) is 2.18. The van der Waals surface area contributed by atoms with Crippen molar-refractivity contribution in [3.8, 4) is 0 Å². The first-order valence-corrected chi connectivity index (χ1v) is 6.83. The molecule has 0 aromatic carbocycles. The Morgan fingerprint density at radius 2 is 2.05 bits per heavy atom. The minimum Gasteiger partial charge on any atom is -0.370 e. The van der Waals surface area contributed by atoms with Gasteiger partial charge < -0.3 is 10.6 Å². The smallest absolute Gasteiger partial charge is 0.218 e. The quantitative estimate of drug-likeness (QED) is 0.896. The molecule has 0 atom stereocenters. The molecule has 0 aliphatic carbocycles. The average molecular weight is 283 g/mol. The number of anilines is 1. The molecule has 19 heavy (non-hydrogen) atoms. The lowest BCUT2D eigenvalue weighted by Crippen LogP contribution is -2.47. The van der Waals surface area contributed by atoms with Gasteiger partial charge in [-0.05, 0) is 19.1 Å². The summed E-state index contributed by atoms with van der Waals surface area (Å²) < 4.78 is 0. The van der Waals surface area contributed by atoms with Crippen LogP contribution in [0.2, 0.25) is 5.02 Å². The van der Waals surface area contributed by atoms with Crippen LogP contribution in [0.25, 0.3) is 0 Å². The molecule has 0 bridgehead atoms. The number of nitrogens with zero attached hydrogens (tertiary/aromatic N) is 3. The maximum atomic E-state index is 10.8. The highest BCUT2D eigenvalue weighted by Gasteiger charge is 2.18. The highest BCUT2D eigenvalue weighted by atomic mass is 35.5. The molecule has 104 valence electrons. The number of carbonyl (C=O) groups is 1. The van der Waals surface area contributed by atoms with Gasteiger partial charge in [0.05, 0.1) is 10.7 Å². The molecule has 1 aromatic heterocycles. The molecule has 1 aromatic rings. The maximum absolute atomic E-state index is 10.8. The van der Waals surface area contributed by atoms with Crippen molar-refractivity contribution in [3.63, 3.8) is 0 Å². The first kappa shape index (κ1) is 14.1. The van der Waals surface area contributed by atoms with Crippen LogP contribution in [0, 0.1) is 6.92 Å². The van der Waals surface area contributed by atoms with E-state index in [0.29, 0.717) is 11.4 Å². The topological polar surface area (TPSA) is 62.5 Å². The molecule has 1 amide bonds. The van der Waals surface area contributed by atoms with Crippen LogP contribution in [0.15, 0.2) is 12.1 Å². The van der Waals surface area contributed by atoms with Crippen LogP contribution in [0.4, 0.5) is 5.82 Å². The van der Waals surface area contributed by atoms with Crippen molar-refractivity contribution in [2.75, 3.05) is 37.6 Å². The van der Waals surface area contributed by atoms with Gasteiger partial charge in [-0.2, -0.15) is 0 Å². The summed E-state index contributed by atoms with van der Waals surface area (Å²) in [5.74, 6) is 0.730. The Bertz CT molecular complexity index is 458. The normalized spacial score (nSPS) is 16.6. The molecule has 2 rings (SSSR count). The summed E-state index contributed by atoms with van der Waals surface area (Å²) in [5, 5.41) is 0.698. The van der Waals surface area contributed by atoms with Crippen LogP contribution in [-0.2, 0) is 4.79 Å². The average Bonchev–Trinajstić information content (AvgIpc) is 2.40. The third-order valence-electron chi connectivity index (χ3n) is 3.38. The van der Waals surface area contributed by atoms with Crippen molar-refractivity contribution in [1.82, 2.24) is 9.88 Å². The van der Waals surface area contributed by atoms with E-state index in [1.54, 1.807) is 0 Å². The van der Waals surface area contributed by atoms with Gasteiger partial charge in [0.25, 0.3) is 0 Å². The lowest BCUT2D eigenvalue weighted by molar-refractivity contribution is -0.118. The summed E-state index contributed by atoms with van der Waals surface area (Å²) in [6.45, 7) is 6.33. The molecule has 1 aliphatic heterocycles. The second-order valence-electron chi connectivity index (χ2n) is 4.78. The number of hydrogen-bond donors (Lipinski definition) is 1. The second kappa shape index (κ2) is 6.21. The van der Waals surface area contributed by atoms with Crippen LogP contribution in [0.3, 0.4) is 0 Å². The molecule has 6 heteroatoms. The van der Waals surface area contributed by atoms with Crippen molar-refractivity contribution >= 4 is 23.3 Å². The number of nitrogens with two attached hydrogens (primary N) is 1. The number of carbonyl (C=O) groups excluding carboxylic acids is 1. The van der Waals surface area contributed by atoms with Crippen molar-refractivity contribution in [3.05, 3.63) is 22.8 Å². The van der Waals surface area contributed by atoms with Crippen LogP contribution in [-0.4, -0.2) is 48.5 Å². The summed E-state index contributed by atoms with van der Waals surface area (Å²) in [5.41, 5.74) is 6.02. The Balaban J connectivity index is 1.88. The van der Waals surface area contributed by atoms with Crippen molar-refractivity contribution in [1.29, 1.82) is 0 Å². The molecular formula is C13H19ClN4O. The van der Waals surface area contributed by atoms with Crippen molar-refractivity contribution in [2.45, 2.75) is 13.3 Å². The highest BCUT2D eigenvalue weighted by Crippen LogP contribution is 2.19. The Labute approximate surface area is 118 Å². The van der Waals surface area contributed by atoms with Gasteiger partial charge in [-0.15, -0.1) is 0 Å². The summed E-state index contributed by atoms with van der Waals surface area (Å²) in [6.07, 6.45) is 0.429. The first-order valence-electron chi connectivity index (χ1n) is 6.45. The maximum Gasteiger partial charge on any atom is 0.218 e. The lowest BCUT2D eigenvalue weighted by atomic mass is 10.2. The second-order valence-corrected chi connectivity index (χ2v) is 5.19. The molecule has 1 aliphatic rings. The van der Waals surface area contributed by atoms with Gasteiger partial charge in [-0.1, -0.05) is 11.6 Å². The molecule has 0 spiro atoms. The number of aromatic nitrogens is 1. The molecular weight excluding hydrogens is 264 g/mol. The molecule has 0 radical (unpaired) electrons. The van der Waals surface area contributed by atoms with Crippen LogP contribution in [0.5, 0.6) is 0 Å². The molecule has 0 unspecified atom stereocenters. The Hall–Kier alpha value is -1.33. The van der Waals surface area contributed by atoms with Gasteiger partial charge in [0.15, 0.2) is 0 Å². The van der Waals surface area contributed by atoms with E-state index in [4.69, 9.17) is 17.3 Å². The lowest BCUT2D eigenvalue weighted by Gasteiger charge is -2.35. The van der Waals surface area contributed by atoms with Crippen molar-refractivity contribution < 1.29 is 4.79 Å². The molecule has 1 fully saturated rings. The fourth-order valence-corrected chi connectivity index (χ4v) is 2.28. The van der Waals surface area contributed by atoms with Gasteiger partial charge in [-0.3, -0.25) is 9.69 Å².